The molecule has 2 heterocycles. The largest absolute Gasteiger partial charge is 0.494 e. The van der Waals surface area contributed by atoms with Gasteiger partial charge in [0, 0.05) is 12.7 Å². The van der Waals surface area contributed by atoms with Crippen LogP contribution >= 0.6 is 45.2 Å². The summed E-state index contributed by atoms with van der Waals surface area (Å²) in [5.41, 5.74) is 3.71. The van der Waals surface area contributed by atoms with Crippen LogP contribution < -0.4 is 0 Å². The number of aromatic amines is 1. The van der Waals surface area contributed by atoms with Gasteiger partial charge in [0.25, 0.3) is 5.91 Å². The van der Waals surface area contributed by atoms with Crippen LogP contribution in [-0.4, -0.2) is 21.7 Å². The molecule has 4 nitrogen and oxygen atoms in total. The Morgan fingerprint density at radius 1 is 0.917 bits per heavy atom. The molecule has 1 aliphatic heterocycles. The third-order valence-electron chi connectivity index (χ3n) is 3.86. The van der Waals surface area contributed by atoms with Crippen molar-refractivity contribution in [2.24, 2.45) is 4.99 Å². The van der Waals surface area contributed by atoms with E-state index in [2.05, 4.69) is 55.2 Å². The van der Waals surface area contributed by atoms with Crippen LogP contribution in [0.5, 0.6) is 5.88 Å². The van der Waals surface area contributed by atoms with Crippen molar-refractivity contribution in [1.29, 1.82) is 0 Å². The molecule has 1 aliphatic rings. The molecule has 0 unspecified atom stereocenters. The molecule has 2 N–H and O–H groups in total. The minimum Gasteiger partial charge on any atom is -0.494 e. The predicted molar refractivity (Wildman–Crippen MR) is 110 cm³/mol. The van der Waals surface area contributed by atoms with Gasteiger partial charge in [-0.3, -0.25) is 4.79 Å². The number of aromatic nitrogens is 1. The van der Waals surface area contributed by atoms with Crippen molar-refractivity contribution in [3.63, 3.8) is 0 Å². The van der Waals surface area contributed by atoms with Gasteiger partial charge in [0.05, 0.1) is 22.5 Å². The molecule has 118 valence electrons. The summed E-state index contributed by atoms with van der Waals surface area (Å²) in [6.45, 7) is 0. The molecule has 1 aromatic heterocycles. The van der Waals surface area contributed by atoms with Crippen LogP contribution in [0.25, 0.3) is 11.3 Å². The van der Waals surface area contributed by atoms with E-state index in [-0.39, 0.29) is 11.8 Å². The Bertz CT molecular complexity index is 1020. The summed E-state index contributed by atoms with van der Waals surface area (Å²) in [7, 11) is 0. The molecule has 0 fully saturated rings. The summed E-state index contributed by atoms with van der Waals surface area (Å²) in [6, 6.07) is 15.5. The first-order valence-corrected chi connectivity index (χ1v) is 9.30. The van der Waals surface area contributed by atoms with E-state index >= 15 is 0 Å². The van der Waals surface area contributed by atoms with Gasteiger partial charge in [-0.25, -0.2) is 4.99 Å². The number of rotatable bonds is 2. The number of aromatic hydroxyl groups is 1. The number of fused-ring (bicyclic) bond motifs is 1. The van der Waals surface area contributed by atoms with Gasteiger partial charge in [0.2, 0.25) is 0 Å². The van der Waals surface area contributed by atoms with Crippen LogP contribution in [0.4, 0.5) is 0 Å². The molecule has 0 aliphatic carbocycles. The van der Waals surface area contributed by atoms with Crippen molar-refractivity contribution >= 4 is 56.8 Å². The lowest BCUT2D eigenvalue weighted by Gasteiger charge is -2.01. The fourth-order valence-electron chi connectivity index (χ4n) is 2.85. The maximum absolute atomic E-state index is 12.5. The first kappa shape index (κ1) is 15.8. The second-order valence-electron chi connectivity index (χ2n) is 5.38. The fraction of sp³-hybridized carbons (Fsp3) is 0. The smallest absolute Gasteiger partial charge is 0.280 e. The third-order valence-corrected chi connectivity index (χ3v) is 5.20. The summed E-state index contributed by atoms with van der Waals surface area (Å²) >= 11 is 4.43. The van der Waals surface area contributed by atoms with Gasteiger partial charge < -0.3 is 10.1 Å². The van der Waals surface area contributed by atoms with Crippen LogP contribution in [0.15, 0.2) is 53.5 Å². The number of halogens is 2. The number of carbonyl (C=O) groups is 1. The second kappa shape index (κ2) is 5.99. The highest BCUT2D eigenvalue weighted by atomic mass is 127. The molecular formula is C18H10I2N2O2. The summed E-state index contributed by atoms with van der Waals surface area (Å²) in [4.78, 5) is 19.6. The third kappa shape index (κ3) is 2.57. The van der Waals surface area contributed by atoms with Crippen molar-refractivity contribution < 1.29 is 9.90 Å². The Kier molecular flexibility index (Phi) is 3.95. The molecular weight excluding hydrogens is 530 g/mol. The average molecular weight is 540 g/mol. The van der Waals surface area contributed by atoms with Crippen LogP contribution in [-0.2, 0) is 0 Å². The maximum Gasteiger partial charge on any atom is 0.280 e. The Morgan fingerprint density at radius 3 is 2.21 bits per heavy atom. The highest BCUT2D eigenvalue weighted by Crippen LogP contribution is 2.38. The lowest BCUT2D eigenvalue weighted by molar-refractivity contribution is 0.101. The number of hydrogen-bond donors (Lipinski definition) is 2. The van der Waals surface area contributed by atoms with Gasteiger partial charge in [-0.15, -0.1) is 0 Å². The van der Waals surface area contributed by atoms with Crippen molar-refractivity contribution in [1.82, 2.24) is 4.98 Å². The van der Waals surface area contributed by atoms with E-state index in [4.69, 9.17) is 0 Å². The lowest BCUT2D eigenvalue weighted by atomic mass is 10.0. The Hall–Kier alpha value is -1.68. The van der Waals surface area contributed by atoms with Gasteiger partial charge in [0.15, 0.2) is 5.88 Å². The Morgan fingerprint density at radius 2 is 1.54 bits per heavy atom. The zero-order valence-electron chi connectivity index (χ0n) is 12.2. The van der Waals surface area contributed by atoms with Crippen molar-refractivity contribution in [2.45, 2.75) is 0 Å². The quantitative estimate of drug-likeness (QED) is 0.468. The average Bonchev–Trinajstić information content (AvgIpc) is 3.07. The summed E-state index contributed by atoms with van der Waals surface area (Å²) in [5.74, 6) is -0.355. The van der Waals surface area contributed by atoms with E-state index in [9.17, 15) is 9.90 Å². The summed E-state index contributed by atoms with van der Waals surface area (Å²) < 4.78 is 2.10. The first-order chi connectivity index (χ1) is 11.5. The van der Waals surface area contributed by atoms with Gasteiger partial charge in [-0.1, -0.05) is 24.3 Å². The molecule has 24 heavy (non-hydrogen) atoms. The SMILES string of the molecule is O=C1N=C(c2cccc(I)c2)c2c(O)[nH]c(-c3cccc(I)c3)c21. The molecule has 4 rings (SSSR count). The van der Waals surface area contributed by atoms with Crippen molar-refractivity contribution in [2.75, 3.05) is 0 Å². The van der Waals surface area contributed by atoms with Crippen LogP contribution in [0.2, 0.25) is 0 Å². The highest BCUT2D eigenvalue weighted by Gasteiger charge is 2.33. The van der Waals surface area contributed by atoms with Crippen LogP contribution in [0.1, 0.15) is 21.5 Å². The maximum atomic E-state index is 12.5. The van der Waals surface area contributed by atoms with E-state index in [1.165, 1.54) is 0 Å². The number of aliphatic imine (C=N–C) groups is 1. The molecule has 0 saturated carbocycles. The van der Waals surface area contributed by atoms with Gasteiger partial charge in [-0.05, 0) is 75.0 Å². The van der Waals surface area contributed by atoms with Gasteiger partial charge in [0.1, 0.15) is 0 Å². The monoisotopic (exact) mass is 540 g/mol. The number of carbonyl (C=O) groups excluding carboxylic acids is 1. The van der Waals surface area contributed by atoms with E-state index in [0.29, 0.717) is 22.5 Å². The molecule has 0 bridgehead atoms. The first-order valence-electron chi connectivity index (χ1n) is 7.15. The lowest BCUT2D eigenvalue weighted by Crippen LogP contribution is -2.00. The van der Waals surface area contributed by atoms with E-state index < -0.39 is 0 Å². The molecule has 0 atom stereocenters. The van der Waals surface area contributed by atoms with E-state index in [1.54, 1.807) is 0 Å². The van der Waals surface area contributed by atoms with Crippen molar-refractivity contribution in [3.8, 4) is 17.1 Å². The summed E-state index contributed by atoms with van der Waals surface area (Å²) in [5, 5.41) is 10.4. The standard InChI is InChI=1S/C18H10I2N2O2/c19-11-5-1-3-9(7-11)15-13-14(18(24)21-15)16(22-17(13)23)10-4-2-6-12(20)8-10/h1-8,21,24H. The Labute approximate surface area is 165 Å². The number of H-pyrrole nitrogens is 1. The molecule has 2 aromatic carbocycles. The zero-order chi connectivity index (χ0) is 16.8. The van der Waals surface area contributed by atoms with Crippen LogP contribution in [0.3, 0.4) is 0 Å². The zero-order valence-corrected chi connectivity index (χ0v) is 16.5. The predicted octanol–water partition coefficient (Wildman–Crippen LogP) is 4.59. The topological polar surface area (TPSA) is 65.4 Å². The highest BCUT2D eigenvalue weighted by molar-refractivity contribution is 14.1. The molecule has 0 radical (unpaired) electrons. The summed E-state index contributed by atoms with van der Waals surface area (Å²) in [6.07, 6.45) is 0. The minimum absolute atomic E-state index is 0.0256. The Balaban J connectivity index is 1.91. The number of nitrogens with zero attached hydrogens (tertiary/aromatic N) is 1. The van der Waals surface area contributed by atoms with Crippen molar-refractivity contribution in [3.05, 3.63) is 72.4 Å². The van der Waals surface area contributed by atoms with Gasteiger partial charge in [-0.2, -0.15) is 0 Å². The molecule has 6 heteroatoms. The van der Waals surface area contributed by atoms with Crippen LogP contribution in [0, 0.1) is 7.14 Å². The molecule has 3 aromatic rings. The number of amides is 1. The molecule has 0 spiro atoms. The normalized spacial score (nSPS) is 13.1. The second-order valence-corrected chi connectivity index (χ2v) is 7.88. The van der Waals surface area contributed by atoms with E-state index in [1.807, 2.05) is 48.5 Å². The number of benzene rings is 2. The van der Waals surface area contributed by atoms with E-state index in [0.717, 1.165) is 18.3 Å². The number of hydrogen-bond acceptors (Lipinski definition) is 2. The minimum atomic E-state index is -0.329. The molecule has 1 amide bonds. The molecule has 0 saturated heterocycles. The van der Waals surface area contributed by atoms with Gasteiger partial charge >= 0.3 is 0 Å². The fourth-order valence-corrected chi connectivity index (χ4v) is 3.94. The number of nitrogens with one attached hydrogen (secondary N) is 1.